The summed E-state index contributed by atoms with van der Waals surface area (Å²) < 4.78 is 6.59. The molecule has 26 heavy (non-hydrogen) atoms. The van der Waals surface area contributed by atoms with E-state index in [0.29, 0.717) is 11.1 Å². The monoisotopic (exact) mass is 464 g/mol. The summed E-state index contributed by atoms with van der Waals surface area (Å²) in [5.74, 6) is -0.181. The normalized spacial score (nSPS) is 15.7. The average Bonchev–Trinajstić information content (AvgIpc) is 3.19. The standard InChI is InChI=1S/C20H21N2O3.HI/c1-22(11-5-6-12-22)14-15-9-10-18-17(13-15)19(20(25-18)21(23)24)16-7-3-2-4-8-16;/h2-4,7-10,13H,5-6,11-12,14H2,1H3;1H/q+1;/p-1. The number of fused-ring (bicyclic) bond motifs is 1. The molecule has 2 heterocycles. The maximum absolute atomic E-state index is 11.5. The second-order valence-corrected chi connectivity index (χ2v) is 7.17. The van der Waals surface area contributed by atoms with Crippen LogP contribution in [0.2, 0.25) is 0 Å². The fraction of sp³-hybridized carbons (Fsp3) is 0.300. The summed E-state index contributed by atoms with van der Waals surface area (Å²) in [5, 5.41) is 12.3. The van der Waals surface area contributed by atoms with Gasteiger partial charge in [-0.05, 0) is 23.8 Å². The Balaban J connectivity index is 0.00000196. The van der Waals surface area contributed by atoms with E-state index >= 15 is 0 Å². The highest BCUT2D eigenvalue weighted by molar-refractivity contribution is 5.98. The van der Waals surface area contributed by atoms with Crippen molar-refractivity contribution in [2.24, 2.45) is 0 Å². The van der Waals surface area contributed by atoms with Gasteiger partial charge >= 0.3 is 5.88 Å². The number of halogens is 1. The molecule has 1 aliphatic heterocycles. The lowest BCUT2D eigenvalue weighted by Crippen LogP contribution is -3.00. The van der Waals surface area contributed by atoms with Crippen molar-refractivity contribution >= 4 is 16.9 Å². The molecule has 1 aromatic heterocycles. The van der Waals surface area contributed by atoms with Gasteiger partial charge in [0.15, 0.2) is 0 Å². The Bertz CT molecular complexity index is 931. The molecule has 3 aromatic rings. The Kier molecular flexibility index (Phi) is 5.34. The number of furan rings is 1. The first-order valence-electron chi connectivity index (χ1n) is 8.65. The molecule has 1 saturated heterocycles. The number of nitrogens with zero attached hydrogens (tertiary/aromatic N) is 2. The molecule has 0 spiro atoms. The van der Waals surface area contributed by atoms with Crippen LogP contribution < -0.4 is 24.0 Å². The number of hydrogen-bond acceptors (Lipinski definition) is 3. The van der Waals surface area contributed by atoms with Crippen LogP contribution in [0.25, 0.3) is 22.1 Å². The highest BCUT2D eigenvalue weighted by Gasteiger charge is 2.29. The van der Waals surface area contributed by atoms with Gasteiger partial charge in [0.1, 0.15) is 22.6 Å². The Hall–Kier alpha value is -1.93. The molecule has 0 N–H and O–H groups in total. The van der Waals surface area contributed by atoms with E-state index in [4.69, 9.17) is 4.42 Å². The summed E-state index contributed by atoms with van der Waals surface area (Å²) in [4.78, 5) is 11.1. The number of nitro groups is 1. The average molecular weight is 464 g/mol. The first-order chi connectivity index (χ1) is 12.1. The minimum absolute atomic E-state index is 0. The highest BCUT2D eigenvalue weighted by atomic mass is 127. The number of hydrogen-bond donors (Lipinski definition) is 0. The molecule has 0 atom stereocenters. The predicted octanol–water partition coefficient (Wildman–Crippen LogP) is 1.75. The minimum Gasteiger partial charge on any atom is -1.00 e. The predicted molar refractivity (Wildman–Crippen MR) is 97.2 cm³/mol. The van der Waals surface area contributed by atoms with Crippen LogP contribution in [0, 0.1) is 10.1 Å². The molecule has 0 unspecified atom stereocenters. The maximum Gasteiger partial charge on any atom is 0.442 e. The summed E-state index contributed by atoms with van der Waals surface area (Å²) >= 11 is 0. The Morgan fingerprint density at radius 2 is 1.81 bits per heavy atom. The molecule has 0 amide bonds. The fourth-order valence-electron chi connectivity index (χ4n) is 3.94. The summed E-state index contributed by atoms with van der Waals surface area (Å²) in [5.41, 5.74) is 3.15. The third-order valence-electron chi connectivity index (χ3n) is 5.17. The van der Waals surface area contributed by atoms with Crippen LogP contribution in [-0.4, -0.2) is 29.5 Å². The van der Waals surface area contributed by atoms with E-state index in [1.165, 1.54) is 31.5 Å². The number of benzene rings is 2. The Morgan fingerprint density at radius 1 is 1.12 bits per heavy atom. The van der Waals surface area contributed by atoms with Gasteiger partial charge in [-0.15, -0.1) is 0 Å². The van der Waals surface area contributed by atoms with Crippen molar-refractivity contribution in [2.75, 3.05) is 20.1 Å². The topological polar surface area (TPSA) is 56.3 Å². The lowest BCUT2D eigenvalue weighted by Gasteiger charge is -2.29. The van der Waals surface area contributed by atoms with E-state index in [2.05, 4.69) is 13.1 Å². The number of rotatable bonds is 4. The van der Waals surface area contributed by atoms with Gasteiger partial charge in [-0.1, -0.05) is 30.3 Å². The zero-order valence-corrected chi connectivity index (χ0v) is 16.8. The smallest absolute Gasteiger partial charge is 0.442 e. The molecule has 6 heteroatoms. The second-order valence-electron chi connectivity index (χ2n) is 7.17. The zero-order valence-electron chi connectivity index (χ0n) is 14.7. The van der Waals surface area contributed by atoms with Gasteiger partial charge in [0.25, 0.3) is 0 Å². The molecule has 5 nitrogen and oxygen atoms in total. The van der Waals surface area contributed by atoms with Crippen LogP contribution in [0.5, 0.6) is 0 Å². The van der Waals surface area contributed by atoms with Crippen molar-refractivity contribution in [1.29, 1.82) is 0 Å². The molecule has 1 aliphatic rings. The first-order valence-corrected chi connectivity index (χ1v) is 8.65. The fourth-order valence-corrected chi connectivity index (χ4v) is 3.94. The molecule has 0 radical (unpaired) electrons. The van der Waals surface area contributed by atoms with Gasteiger partial charge in [-0.25, -0.2) is 0 Å². The lowest BCUT2D eigenvalue weighted by atomic mass is 10.0. The maximum atomic E-state index is 11.5. The van der Waals surface area contributed by atoms with Crippen LogP contribution in [0.3, 0.4) is 0 Å². The summed E-state index contributed by atoms with van der Waals surface area (Å²) in [6.45, 7) is 3.33. The molecular formula is C20H21IN2O3. The molecule has 1 fully saturated rings. The van der Waals surface area contributed by atoms with E-state index in [1.54, 1.807) is 0 Å². The Morgan fingerprint density at radius 3 is 2.46 bits per heavy atom. The van der Waals surface area contributed by atoms with E-state index in [1.807, 2.05) is 42.5 Å². The molecule has 0 aliphatic carbocycles. The van der Waals surface area contributed by atoms with Crippen LogP contribution in [-0.2, 0) is 6.54 Å². The van der Waals surface area contributed by atoms with Gasteiger partial charge in [0.2, 0.25) is 0 Å². The first kappa shape index (κ1) is 18.8. The molecule has 136 valence electrons. The SMILES string of the molecule is C[N+]1(Cc2ccc3oc([N+](=O)[O-])c(-c4ccccc4)c3c2)CCCC1.[I-]. The van der Waals surface area contributed by atoms with Crippen molar-refractivity contribution in [3.63, 3.8) is 0 Å². The molecule has 0 saturated carbocycles. The van der Waals surface area contributed by atoms with Crippen molar-refractivity contribution in [2.45, 2.75) is 19.4 Å². The van der Waals surface area contributed by atoms with Crippen LogP contribution in [0.1, 0.15) is 18.4 Å². The molecule has 0 bridgehead atoms. The Labute approximate surface area is 169 Å². The minimum atomic E-state index is -0.434. The van der Waals surface area contributed by atoms with E-state index in [-0.39, 0.29) is 29.9 Å². The van der Waals surface area contributed by atoms with Gasteiger partial charge in [-0.2, -0.15) is 0 Å². The van der Waals surface area contributed by atoms with Crippen molar-refractivity contribution in [3.8, 4) is 11.1 Å². The summed E-state index contributed by atoms with van der Waals surface area (Å²) in [6, 6.07) is 15.4. The largest absolute Gasteiger partial charge is 1.00 e. The quantitative estimate of drug-likeness (QED) is 0.256. The third-order valence-corrected chi connectivity index (χ3v) is 5.17. The molecule has 4 rings (SSSR count). The second kappa shape index (κ2) is 7.36. The number of likely N-dealkylation sites (tertiary alicyclic amines) is 1. The molecular weight excluding hydrogens is 443 g/mol. The van der Waals surface area contributed by atoms with Crippen molar-refractivity contribution in [1.82, 2.24) is 0 Å². The number of quaternary nitrogens is 1. The molecule has 2 aromatic carbocycles. The zero-order chi connectivity index (χ0) is 17.4. The van der Waals surface area contributed by atoms with E-state index in [0.717, 1.165) is 22.0 Å². The van der Waals surface area contributed by atoms with Crippen molar-refractivity contribution in [3.05, 3.63) is 64.2 Å². The summed E-state index contributed by atoms with van der Waals surface area (Å²) in [7, 11) is 2.28. The summed E-state index contributed by atoms with van der Waals surface area (Å²) in [6.07, 6.45) is 2.54. The lowest BCUT2D eigenvalue weighted by molar-refractivity contribution is -0.910. The van der Waals surface area contributed by atoms with Gasteiger partial charge in [0.05, 0.1) is 20.1 Å². The van der Waals surface area contributed by atoms with Gasteiger partial charge in [0, 0.05) is 23.8 Å². The van der Waals surface area contributed by atoms with Gasteiger partial charge < -0.3 is 32.9 Å². The van der Waals surface area contributed by atoms with Crippen LogP contribution in [0.15, 0.2) is 52.9 Å². The van der Waals surface area contributed by atoms with E-state index < -0.39 is 4.92 Å². The highest BCUT2D eigenvalue weighted by Crippen LogP contribution is 2.40. The van der Waals surface area contributed by atoms with Crippen LogP contribution >= 0.6 is 0 Å². The van der Waals surface area contributed by atoms with Gasteiger partial charge in [-0.3, -0.25) is 10.1 Å². The third kappa shape index (κ3) is 3.48. The van der Waals surface area contributed by atoms with Crippen LogP contribution in [0.4, 0.5) is 5.88 Å². The van der Waals surface area contributed by atoms with Crippen molar-refractivity contribution < 1.29 is 37.8 Å². The van der Waals surface area contributed by atoms with E-state index in [9.17, 15) is 10.1 Å².